The molecule has 2 atom stereocenters. The van der Waals surface area contributed by atoms with Crippen molar-refractivity contribution in [3.05, 3.63) is 85.1 Å². The lowest BCUT2D eigenvalue weighted by Gasteiger charge is -2.49. The topological polar surface area (TPSA) is 131 Å². The summed E-state index contributed by atoms with van der Waals surface area (Å²) in [6.45, 7) is -0.459. The second-order valence-corrected chi connectivity index (χ2v) is 12.3. The lowest BCUT2D eigenvalue weighted by atomic mass is 10.0. The Hall–Kier alpha value is -3.42. The van der Waals surface area contributed by atoms with Gasteiger partial charge in [0.05, 0.1) is 11.4 Å². The zero-order valence-corrected chi connectivity index (χ0v) is 25.1. The fourth-order valence-electron chi connectivity index (χ4n) is 4.18. The lowest BCUT2D eigenvalue weighted by Crippen LogP contribution is -2.70. The average Bonchev–Trinajstić information content (AvgIpc) is 3.45. The van der Waals surface area contributed by atoms with Crippen molar-refractivity contribution < 1.29 is 38.5 Å². The first-order valence-electron chi connectivity index (χ1n) is 12.1. The Balaban J connectivity index is 1.23. The number of carboxylic acids is 1. The Morgan fingerprint density at radius 1 is 1.02 bits per heavy atom. The van der Waals surface area contributed by atoms with Gasteiger partial charge in [0.15, 0.2) is 11.5 Å². The number of nitrogens with one attached hydrogen (secondary N) is 1. The van der Waals surface area contributed by atoms with E-state index < -0.39 is 36.1 Å². The van der Waals surface area contributed by atoms with Gasteiger partial charge in [0.2, 0.25) is 5.91 Å². The monoisotopic (exact) mass is 668 g/mol. The molecule has 2 amide bonds. The van der Waals surface area contributed by atoms with Crippen LogP contribution in [0.1, 0.15) is 4.88 Å². The molecule has 1 aromatic heterocycles. The van der Waals surface area contributed by atoms with Gasteiger partial charge < -0.3 is 24.6 Å². The number of benzene rings is 2. The van der Waals surface area contributed by atoms with Crippen LogP contribution in [-0.2, 0) is 25.5 Å². The van der Waals surface area contributed by atoms with E-state index >= 15 is 0 Å². The van der Waals surface area contributed by atoms with Crippen molar-refractivity contribution in [2.75, 3.05) is 12.4 Å². The van der Waals surface area contributed by atoms with E-state index in [1.807, 2.05) is 17.5 Å². The minimum absolute atomic E-state index is 0.0805. The van der Waals surface area contributed by atoms with Gasteiger partial charge in [0, 0.05) is 32.3 Å². The second kappa shape index (κ2) is 12.8. The summed E-state index contributed by atoms with van der Waals surface area (Å²) in [7, 11) is 0. The van der Waals surface area contributed by atoms with Gasteiger partial charge in [-0.15, -0.1) is 23.1 Å². The Bertz CT molecular complexity index is 1600. The van der Waals surface area contributed by atoms with Crippen molar-refractivity contribution in [2.45, 2.75) is 17.8 Å². The summed E-state index contributed by atoms with van der Waals surface area (Å²) in [6, 6.07) is 11.7. The number of fused-ring (bicyclic) bond motifs is 1. The number of carbonyl (C=O) groups is 4. The molecule has 218 valence electrons. The van der Waals surface area contributed by atoms with Crippen molar-refractivity contribution in [2.24, 2.45) is 0 Å². The maximum atomic E-state index is 12.9. The number of carbonyl (C=O) groups excluding carboxylic acids is 3. The predicted molar refractivity (Wildman–Crippen MR) is 158 cm³/mol. The maximum absolute atomic E-state index is 12.9. The average molecular weight is 670 g/mol. The van der Waals surface area contributed by atoms with Crippen LogP contribution in [0.5, 0.6) is 17.2 Å². The number of hydrogen-bond acceptors (Lipinski definition) is 9. The van der Waals surface area contributed by atoms with Gasteiger partial charge in [0.25, 0.3) is 5.91 Å². The van der Waals surface area contributed by atoms with Gasteiger partial charge in [-0.25, -0.2) is 9.59 Å². The standard InChI is InChI=1S/C27H19Cl3N2O8S2/c28-14-3-5-18(17(30)8-14)39-19-6-4-15(29)9-20(19)40-27(37)38-11-13-12-42-25-22(24(34)32(25)23(13)26(35)36)31-21(33)10-16-2-1-7-41-16/h1-9,22,25H,10-12H2,(H,31,33)(H,35,36)/t22?,25-/m1/s1. The van der Waals surface area contributed by atoms with Crippen molar-refractivity contribution in [1.29, 1.82) is 0 Å². The summed E-state index contributed by atoms with van der Waals surface area (Å²) in [6.07, 6.45) is -1.05. The van der Waals surface area contributed by atoms with Crippen molar-refractivity contribution in [1.82, 2.24) is 10.2 Å². The van der Waals surface area contributed by atoms with Gasteiger partial charge in [-0.05, 0) is 41.8 Å². The Kier molecular flexibility index (Phi) is 9.19. The lowest BCUT2D eigenvalue weighted by molar-refractivity contribution is -0.150. The molecule has 1 saturated heterocycles. The van der Waals surface area contributed by atoms with Crippen molar-refractivity contribution in [3.63, 3.8) is 0 Å². The molecule has 3 aromatic rings. The van der Waals surface area contributed by atoms with Crippen molar-refractivity contribution >= 4 is 81.8 Å². The molecule has 0 saturated carbocycles. The van der Waals surface area contributed by atoms with E-state index in [1.54, 1.807) is 6.07 Å². The first kappa shape index (κ1) is 30.1. The fourth-order valence-corrected chi connectivity index (χ4v) is 6.82. The predicted octanol–water partition coefficient (Wildman–Crippen LogP) is 6.00. The van der Waals surface area contributed by atoms with Crippen LogP contribution in [0, 0.1) is 0 Å². The number of halogens is 3. The van der Waals surface area contributed by atoms with Gasteiger partial charge in [-0.1, -0.05) is 40.9 Å². The minimum atomic E-state index is -1.37. The summed E-state index contributed by atoms with van der Waals surface area (Å²) < 4.78 is 16.3. The van der Waals surface area contributed by atoms with Crippen LogP contribution >= 0.6 is 57.9 Å². The highest BCUT2D eigenvalue weighted by atomic mass is 35.5. The molecule has 0 radical (unpaired) electrons. The highest BCUT2D eigenvalue weighted by Gasteiger charge is 2.54. The molecule has 2 N–H and O–H groups in total. The summed E-state index contributed by atoms with van der Waals surface area (Å²) in [5.41, 5.74) is -0.114. The van der Waals surface area contributed by atoms with Crippen LogP contribution in [0.2, 0.25) is 15.1 Å². The quantitative estimate of drug-likeness (QED) is 0.160. The molecule has 1 unspecified atom stereocenters. The van der Waals surface area contributed by atoms with Gasteiger partial charge in [0.1, 0.15) is 29.5 Å². The van der Waals surface area contributed by atoms with Crippen LogP contribution in [0.15, 0.2) is 65.2 Å². The van der Waals surface area contributed by atoms with E-state index in [0.717, 1.165) is 9.78 Å². The number of thioether (sulfide) groups is 1. The molecule has 3 heterocycles. The molecule has 2 aliphatic rings. The summed E-state index contributed by atoms with van der Waals surface area (Å²) in [5, 5.41) is 14.7. The van der Waals surface area contributed by atoms with Crippen LogP contribution in [0.25, 0.3) is 0 Å². The zero-order valence-electron chi connectivity index (χ0n) is 21.2. The third kappa shape index (κ3) is 6.63. The molecule has 5 rings (SSSR count). The molecule has 15 heteroatoms. The van der Waals surface area contributed by atoms with Crippen LogP contribution in [-0.4, -0.2) is 57.7 Å². The van der Waals surface area contributed by atoms with Gasteiger partial charge in [-0.3, -0.25) is 14.5 Å². The molecular formula is C27H19Cl3N2O8S2. The van der Waals surface area contributed by atoms with E-state index in [1.165, 1.54) is 53.4 Å². The van der Waals surface area contributed by atoms with Crippen LogP contribution in [0.3, 0.4) is 0 Å². The highest BCUT2D eigenvalue weighted by Crippen LogP contribution is 2.41. The molecule has 2 aromatic carbocycles. The number of carboxylic acid groups (broad SMARTS) is 1. The molecule has 42 heavy (non-hydrogen) atoms. The number of aliphatic carboxylic acids is 1. The Morgan fingerprint density at radius 2 is 1.76 bits per heavy atom. The number of β-lactam (4-membered cyclic amide) rings is 1. The number of amides is 2. The molecule has 10 nitrogen and oxygen atoms in total. The number of hydrogen-bond donors (Lipinski definition) is 2. The minimum Gasteiger partial charge on any atom is -0.477 e. The van der Waals surface area contributed by atoms with E-state index in [9.17, 15) is 24.3 Å². The highest BCUT2D eigenvalue weighted by molar-refractivity contribution is 8.00. The van der Waals surface area contributed by atoms with Gasteiger partial charge in [-0.2, -0.15) is 0 Å². The number of nitrogens with zero attached hydrogens (tertiary/aromatic N) is 1. The smallest absolute Gasteiger partial charge is 0.477 e. The van der Waals surface area contributed by atoms with Gasteiger partial charge >= 0.3 is 12.1 Å². The first-order valence-corrected chi connectivity index (χ1v) is 15.2. The number of ether oxygens (including phenoxy) is 3. The molecule has 2 aliphatic heterocycles. The third-order valence-electron chi connectivity index (χ3n) is 6.06. The van der Waals surface area contributed by atoms with Crippen LogP contribution < -0.4 is 14.8 Å². The molecule has 0 bridgehead atoms. The van der Waals surface area contributed by atoms with Crippen LogP contribution in [0.4, 0.5) is 4.79 Å². The number of thiophene rings is 1. The zero-order chi connectivity index (χ0) is 30.0. The largest absolute Gasteiger partial charge is 0.514 e. The Morgan fingerprint density at radius 3 is 2.45 bits per heavy atom. The molecule has 0 spiro atoms. The summed E-state index contributed by atoms with van der Waals surface area (Å²) in [5.74, 6) is -1.87. The normalized spacial score (nSPS) is 17.7. The van der Waals surface area contributed by atoms with Crippen molar-refractivity contribution in [3.8, 4) is 17.2 Å². The Labute approximate surface area is 262 Å². The maximum Gasteiger partial charge on any atom is 0.514 e. The molecule has 0 aliphatic carbocycles. The van der Waals surface area contributed by atoms with E-state index in [-0.39, 0.29) is 56.6 Å². The summed E-state index contributed by atoms with van der Waals surface area (Å²) >= 11 is 20.8. The molecular weight excluding hydrogens is 651 g/mol. The third-order valence-corrected chi connectivity index (χ3v) is 9.04. The fraction of sp³-hybridized carbons (Fsp3) is 0.185. The molecule has 1 fully saturated rings. The summed E-state index contributed by atoms with van der Waals surface area (Å²) in [4.78, 5) is 51.9. The SMILES string of the molecule is O=C(Cc1cccs1)NC1C(=O)N2C(C(=O)O)=C(COC(=O)Oc3cc(Cl)ccc3Oc3ccc(Cl)cc3Cl)CS[C@H]12. The second-order valence-electron chi connectivity index (χ2n) is 8.88. The first-order chi connectivity index (χ1) is 20.1. The van der Waals surface area contributed by atoms with E-state index in [4.69, 9.17) is 49.0 Å². The van der Waals surface area contributed by atoms with E-state index in [2.05, 4.69) is 5.32 Å². The van der Waals surface area contributed by atoms with E-state index in [0.29, 0.717) is 5.02 Å². The number of rotatable bonds is 9.